The summed E-state index contributed by atoms with van der Waals surface area (Å²) in [4.78, 5) is 32.9. The van der Waals surface area contributed by atoms with Crippen molar-refractivity contribution in [3.8, 4) is 0 Å². The average molecular weight is 526 g/mol. The summed E-state index contributed by atoms with van der Waals surface area (Å²) in [5.41, 5.74) is 9.20. The molecule has 208 valence electrons. The first-order chi connectivity index (χ1) is 17.9. The van der Waals surface area contributed by atoms with E-state index in [9.17, 15) is 14.0 Å². The molecule has 0 aromatic rings. The number of carbonyl (C=O) groups excluding carboxylic acids is 2. The summed E-state index contributed by atoms with van der Waals surface area (Å²) in [6.45, 7) is 6.29. The number of hydrazine groups is 1. The molecule has 6 rings (SSSR count). The Balaban J connectivity index is 1.03. The van der Waals surface area contributed by atoms with Crippen molar-refractivity contribution in [2.24, 2.45) is 17.6 Å². The van der Waals surface area contributed by atoms with Gasteiger partial charge in [-0.15, -0.1) is 0 Å². The maximum absolute atomic E-state index is 15.3. The van der Waals surface area contributed by atoms with Crippen LogP contribution < -0.4 is 27.1 Å². The Morgan fingerprint density at radius 1 is 0.946 bits per heavy atom. The number of nitrogens with two attached hydrogens (primary N) is 1. The summed E-state index contributed by atoms with van der Waals surface area (Å²) in [6, 6.07) is -0.353. The fourth-order valence-electron chi connectivity index (χ4n) is 7.02. The van der Waals surface area contributed by atoms with E-state index < -0.39 is 42.7 Å². The number of halogens is 2. The van der Waals surface area contributed by atoms with Crippen LogP contribution in [-0.2, 0) is 9.59 Å². The Labute approximate surface area is 216 Å². The van der Waals surface area contributed by atoms with Crippen LogP contribution in [-0.4, -0.2) is 140 Å². The van der Waals surface area contributed by atoms with Crippen LogP contribution in [0.2, 0.25) is 0 Å². The van der Waals surface area contributed by atoms with Crippen molar-refractivity contribution >= 4 is 11.8 Å². The minimum atomic E-state index is -1.13. The van der Waals surface area contributed by atoms with E-state index >= 15 is 4.39 Å². The van der Waals surface area contributed by atoms with Gasteiger partial charge in [-0.1, -0.05) is 0 Å². The Kier molecular flexibility index (Phi) is 7.38. The van der Waals surface area contributed by atoms with Crippen LogP contribution in [0.1, 0.15) is 19.3 Å². The number of carbonyl (C=O) groups is 2. The van der Waals surface area contributed by atoms with E-state index in [4.69, 9.17) is 5.73 Å². The molecule has 0 aromatic heterocycles. The van der Waals surface area contributed by atoms with Gasteiger partial charge in [-0.2, -0.15) is 0 Å². The molecule has 0 radical (unpaired) electrons. The summed E-state index contributed by atoms with van der Waals surface area (Å²) in [5.74, 6) is -0.645. The van der Waals surface area contributed by atoms with Crippen molar-refractivity contribution in [1.82, 2.24) is 41.1 Å². The van der Waals surface area contributed by atoms with Gasteiger partial charge in [0.15, 0.2) is 0 Å². The standard InChI is InChI=1S/C24H41F2N9O2/c25-15-8-29-22-19(21(27)31-35(22)11-15)23(36)30-18-10-28-9-17(26)20(18)33-6-2-14(3-7-33)24(37)34-12-16(13-34)32-4-1-5-32/h14-22,28-29,31H,1-13,27H2,(H,30,36). The number of rotatable bonds is 5. The topological polar surface area (TPSA) is 121 Å². The largest absolute Gasteiger partial charge is 0.350 e. The monoisotopic (exact) mass is 525 g/mol. The molecule has 6 N–H and O–H groups in total. The Morgan fingerprint density at radius 2 is 1.70 bits per heavy atom. The molecule has 6 aliphatic heterocycles. The third kappa shape index (κ3) is 4.99. The summed E-state index contributed by atoms with van der Waals surface area (Å²) >= 11 is 0. The maximum atomic E-state index is 15.3. The lowest BCUT2D eigenvalue weighted by atomic mass is 9.89. The van der Waals surface area contributed by atoms with Crippen molar-refractivity contribution in [1.29, 1.82) is 0 Å². The van der Waals surface area contributed by atoms with Gasteiger partial charge in [-0.3, -0.25) is 24.7 Å². The molecular formula is C24H41F2N9O2. The van der Waals surface area contributed by atoms with Gasteiger partial charge in [-0.25, -0.2) is 19.2 Å². The smallest absolute Gasteiger partial charge is 0.229 e. The molecule has 0 aromatic carbocycles. The number of nitrogens with one attached hydrogen (secondary N) is 4. The van der Waals surface area contributed by atoms with Gasteiger partial charge < -0.3 is 21.3 Å². The van der Waals surface area contributed by atoms with E-state index in [1.54, 1.807) is 5.01 Å². The highest BCUT2D eigenvalue weighted by atomic mass is 19.1. The molecule has 0 aliphatic carbocycles. The fraction of sp³-hybridized carbons (Fsp3) is 0.917. The Bertz CT molecular complexity index is 852. The molecule has 6 fully saturated rings. The van der Waals surface area contributed by atoms with Crippen molar-refractivity contribution in [3.63, 3.8) is 0 Å². The lowest BCUT2D eigenvalue weighted by Crippen LogP contribution is -2.68. The van der Waals surface area contributed by atoms with Gasteiger partial charge in [-0.05, 0) is 45.4 Å². The number of amides is 2. The highest BCUT2D eigenvalue weighted by Gasteiger charge is 2.49. The molecule has 37 heavy (non-hydrogen) atoms. The minimum absolute atomic E-state index is 0.00772. The molecule has 0 spiro atoms. The van der Waals surface area contributed by atoms with Gasteiger partial charge in [0.1, 0.15) is 12.3 Å². The molecule has 6 heterocycles. The molecule has 11 nitrogen and oxygen atoms in total. The number of piperidine rings is 2. The second-order valence-corrected chi connectivity index (χ2v) is 11.7. The number of hydrogen-bond acceptors (Lipinski definition) is 9. The lowest BCUT2D eigenvalue weighted by Gasteiger charge is -2.50. The van der Waals surface area contributed by atoms with E-state index in [0.717, 1.165) is 26.2 Å². The van der Waals surface area contributed by atoms with E-state index in [-0.39, 0.29) is 37.4 Å². The quantitative estimate of drug-likeness (QED) is 0.263. The highest BCUT2D eigenvalue weighted by molar-refractivity contribution is 5.81. The van der Waals surface area contributed by atoms with Crippen LogP contribution in [0.5, 0.6) is 0 Å². The first-order valence-corrected chi connectivity index (χ1v) is 14.0. The second-order valence-electron chi connectivity index (χ2n) is 11.7. The summed E-state index contributed by atoms with van der Waals surface area (Å²) in [5, 5.41) is 10.9. The summed E-state index contributed by atoms with van der Waals surface area (Å²) in [7, 11) is 0. The van der Waals surface area contributed by atoms with Gasteiger partial charge in [0.2, 0.25) is 11.8 Å². The zero-order valence-electron chi connectivity index (χ0n) is 21.3. The number of fused-ring (bicyclic) bond motifs is 1. The van der Waals surface area contributed by atoms with Crippen LogP contribution >= 0.6 is 0 Å². The average Bonchev–Trinajstić information content (AvgIpc) is 3.14. The molecule has 6 saturated heterocycles. The molecule has 6 aliphatic rings. The first-order valence-electron chi connectivity index (χ1n) is 14.0. The zero-order valence-corrected chi connectivity index (χ0v) is 21.3. The molecular weight excluding hydrogens is 484 g/mol. The van der Waals surface area contributed by atoms with E-state index in [0.29, 0.717) is 38.5 Å². The molecule has 7 atom stereocenters. The molecule has 0 bridgehead atoms. The predicted molar refractivity (Wildman–Crippen MR) is 132 cm³/mol. The van der Waals surface area contributed by atoms with Crippen LogP contribution in [0.15, 0.2) is 0 Å². The van der Waals surface area contributed by atoms with Crippen LogP contribution in [0.3, 0.4) is 0 Å². The molecule has 7 unspecified atom stereocenters. The van der Waals surface area contributed by atoms with E-state index in [2.05, 4.69) is 31.2 Å². The summed E-state index contributed by atoms with van der Waals surface area (Å²) in [6.07, 6.45) is -0.532. The zero-order chi connectivity index (χ0) is 25.7. The third-order valence-corrected chi connectivity index (χ3v) is 9.32. The Hall–Kier alpha value is -1.48. The van der Waals surface area contributed by atoms with Gasteiger partial charge >= 0.3 is 0 Å². The lowest BCUT2D eigenvalue weighted by molar-refractivity contribution is -0.146. The van der Waals surface area contributed by atoms with Gasteiger partial charge in [0.05, 0.1) is 30.3 Å². The van der Waals surface area contributed by atoms with Crippen LogP contribution in [0.25, 0.3) is 0 Å². The number of nitrogens with zero attached hydrogens (tertiary/aromatic N) is 4. The van der Waals surface area contributed by atoms with Crippen LogP contribution in [0.4, 0.5) is 8.78 Å². The van der Waals surface area contributed by atoms with Crippen molar-refractivity contribution in [3.05, 3.63) is 0 Å². The number of hydrogen-bond donors (Lipinski definition) is 5. The second kappa shape index (κ2) is 10.6. The maximum Gasteiger partial charge on any atom is 0.229 e. The van der Waals surface area contributed by atoms with Crippen molar-refractivity contribution in [2.45, 2.75) is 62.1 Å². The number of likely N-dealkylation sites (tertiary alicyclic amines) is 3. The SMILES string of the molecule is NC1NN2CC(F)CNC2C1C(=O)NC1CNCC(F)C1N1CCC(C(=O)N2CC(N3CCC3)C2)CC1. The van der Waals surface area contributed by atoms with Crippen LogP contribution in [0, 0.1) is 11.8 Å². The predicted octanol–water partition coefficient (Wildman–Crippen LogP) is -2.60. The molecule has 2 amide bonds. The third-order valence-electron chi connectivity index (χ3n) is 9.32. The van der Waals surface area contributed by atoms with E-state index in [1.807, 2.05) is 4.90 Å². The summed E-state index contributed by atoms with van der Waals surface area (Å²) < 4.78 is 29.1. The molecule has 0 saturated carbocycles. The van der Waals surface area contributed by atoms with Crippen molar-refractivity contribution in [2.75, 3.05) is 65.4 Å². The minimum Gasteiger partial charge on any atom is -0.350 e. The fourth-order valence-corrected chi connectivity index (χ4v) is 7.02. The van der Waals surface area contributed by atoms with E-state index in [1.165, 1.54) is 6.42 Å². The van der Waals surface area contributed by atoms with Crippen molar-refractivity contribution < 1.29 is 18.4 Å². The Morgan fingerprint density at radius 3 is 2.41 bits per heavy atom. The highest BCUT2D eigenvalue weighted by Crippen LogP contribution is 2.29. The van der Waals surface area contributed by atoms with Gasteiger partial charge in [0.25, 0.3) is 0 Å². The van der Waals surface area contributed by atoms with Gasteiger partial charge in [0, 0.05) is 51.2 Å². The first kappa shape index (κ1) is 25.8. The molecule has 13 heteroatoms. The normalized spacial score (nSPS) is 40.6. The number of alkyl halides is 2.